The number of nitrogens with zero attached hydrogens (tertiary/aromatic N) is 4. The molecule has 0 aliphatic carbocycles. The second-order valence-electron chi connectivity index (χ2n) is 6.62. The second-order valence-corrected chi connectivity index (χ2v) is 7.05. The van der Waals surface area contributed by atoms with Crippen molar-refractivity contribution in [3.63, 3.8) is 0 Å². The number of ether oxygens (including phenoxy) is 1. The van der Waals surface area contributed by atoms with Crippen LogP contribution in [0.15, 0.2) is 46.4 Å². The smallest absolute Gasteiger partial charge is 0.437 e. The standard InChI is InChI=1S/C20H13ClF3N7O3/c21-12-3-10(6-26)4-13(5-12)34-15-16(20(22,23)24)29-9-31(19(15)33)8-11-7-28-17(30-18(11)32)14(27)1-2-25/h1-5,7,9,25H,8,27H2,(H,28,30,32)/b14-1-,25-2?. The van der Waals surface area contributed by atoms with Crippen LogP contribution in [-0.4, -0.2) is 25.7 Å². The first-order chi connectivity index (χ1) is 16.0. The number of halogens is 4. The Balaban J connectivity index is 2.06. The van der Waals surface area contributed by atoms with Crippen LogP contribution in [-0.2, 0) is 12.7 Å². The molecule has 4 N–H and O–H groups in total. The number of aromatic amines is 1. The summed E-state index contributed by atoms with van der Waals surface area (Å²) in [4.78, 5) is 34.8. The highest BCUT2D eigenvalue weighted by Crippen LogP contribution is 2.35. The number of nitrogens with two attached hydrogens (primary N) is 1. The minimum absolute atomic E-state index is 0.000798. The average molecular weight is 492 g/mol. The van der Waals surface area contributed by atoms with Crippen molar-refractivity contribution in [1.29, 1.82) is 10.7 Å². The summed E-state index contributed by atoms with van der Waals surface area (Å²) in [5, 5.41) is 16.0. The first-order valence-corrected chi connectivity index (χ1v) is 9.51. The maximum absolute atomic E-state index is 13.5. The Morgan fingerprint density at radius 2 is 2.06 bits per heavy atom. The number of alkyl halides is 3. The lowest BCUT2D eigenvalue weighted by Gasteiger charge is -2.15. The molecule has 0 bridgehead atoms. The maximum atomic E-state index is 13.5. The van der Waals surface area contributed by atoms with Gasteiger partial charge in [-0.25, -0.2) is 9.97 Å². The van der Waals surface area contributed by atoms with Crippen molar-refractivity contribution in [2.24, 2.45) is 5.73 Å². The van der Waals surface area contributed by atoms with Crippen LogP contribution in [0.3, 0.4) is 0 Å². The van der Waals surface area contributed by atoms with E-state index in [0.29, 0.717) is 6.33 Å². The summed E-state index contributed by atoms with van der Waals surface area (Å²) < 4.78 is 46.4. The van der Waals surface area contributed by atoms with Gasteiger partial charge in [0.05, 0.1) is 35.8 Å². The van der Waals surface area contributed by atoms with Gasteiger partial charge in [0.15, 0.2) is 11.5 Å². The van der Waals surface area contributed by atoms with Crippen LogP contribution >= 0.6 is 11.6 Å². The number of allylic oxidation sites excluding steroid dienone is 1. The van der Waals surface area contributed by atoms with E-state index >= 15 is 0 Å². The van der Waals surface area contributed by atoms with E-state index in [1.165, 1.54) is 12.1 Å². The molecule has 0 amide bonds. The third-order valence-electron chi connectivity index (χ3n) is 4.24. The molecule has 34 heavy (non-hydrogen) atoms. The normalized spacial score (nSPS) is 11.7. The molecule has 2 heterocycles. The number of hydrogen-bond acceptors (Lipinski definition) is 8. The van der Waals surface area contributed by atoms with Gasteiger partial charge in [-0.15, -0.1) is 0 Å². The Morgan fingerprint density at radius 3 is 2.68 bits per heavy atom. The van der Waals surface area contributed by atoms with Gasteiger partial charge >= 0.3 is 6.18 Å². The summed E-state index contributed by atoms with van der Waals surface area (Å²) in [5.74, 6) is -1.49. The lowest BCUT2D eigenvalue weighted by Crippen LogP contribution is -2.29. The summed E-state index contributed by atoms with van der Waals surface area (Å²) in [6, 6.07) is 5.25. The molecule has 0 spiro atoms. The minimum Gasteiger partial charge on any atom is -0.449 e. The molecule has 3 rings (SSSR count). The average Bonchev–Trinajstić information content (AvgIpc) is 2.76. The van der Waals surface area contributed by atoms with Gasteiger partial charge in [0.2, 0.25) is 5.75 Å². The first kappa shape index (κ1) is 24.2. The van der Waals surface area contributed by atoms with Crippen molar-refractivity contribution in [1.82, 2.24) is 19.5 Å². The molecule has 174 valence electrons. The van der Waals surface area contributed by atoms with Gasteiger partial charge in [-0.3, -0.25) is 14.2 Å². The van der Waals surface area contributed by atoms with E-state index in [1.807, 2.05) is 0 Å². The van der Waals surface area contributed by atoms with E-state index in [0.717, 1.165) is 29.1 Å². The van der Waals surface area contributed by atoms with Gasteiger partial charge in [-0.1, -0.05) is 11.6 Å². The van der Waals surface area contributed by atoms with Crippen molar-refractivity contribution >= 4 is 23.5 Å². The largest absolute Gasteiger partial charge is 0.449 e. The Bertz CT molecular complexity index is 1460. The Morgan fingerprint density at radius 1 is 1.32 bits per heavy atom. The summed E-state index contributed by atoms with van der Waals surface area (Å²) in [6.45, 7) is -0.490. The lowest BCUT2D eigenvalue weighted by atomic mass is 10.2. The summed E-state index contributed by atoms with van der Waals surface area (Å²) in [7, 11) is 0. The summed E-state index contributed by atoms with van der Waals surface area (Å²) >= 11 is 5.85. The van der Waals surface area contributed by atoms with Crippen molar-refractivity contribution in [2.45, 2.75) is 12.7 Å². The van der Waals surface area contributed by atoms with E-state index in [-0.39, 0.29) is 33.4 Å². The molecule has 2 aromatic heterocycles. The summed E-state index contributed by atoms with van der Waals surface area (Å²) in [5.41, 5.74) is 2.00. The Kier molecular flexibility index (Phi) is 6.83. The van der Waals surface area contributed by atoms with Crippen molar-refractivity contribution in [3.8, 4) is 17.6 Å². The van der Waals surface area contributed by atoms with Gasteiger partial charge < -0.3 is 20.9 Å². The van der Waals surface area contributed by atoms with Gasteiger partial charge in [0, 0.05) is 17.4 Å². The zero-order chi connectivity index (χ0) is 25.0. The van der Waals surface area contributed by atoms with Gasteiger partial charge in [-0.2, -0.15) is 18.4 Å². The molecular weight excluding hydrogens is 479 g/mol. The molecule has 0 saturated carbocycles. The number of rotatable bonds is 6. The number of H-pyrrole nitrogens is 1. The lowest BCUT2D eigenvalue weighted by molar-refractivity contribution is -0.142. The number of benzene rings is 1. The fraction of sp³-hybridized carbons (Fsp3) is 0.100. The van der Waals surface area contributed by atoms with Crippen LogP contribution in [0.5, 0.6) is 11.5 Å². The maximum Gasteiger partial charge on any atom is 0.437 e. The molecule has 0 unspecified atom stereocenters. The predicted molar refractivity (Wildman–Crippen MR) is 115 cm³/mol. The number of hydrogen-bond donors (Lipinski definition) is 3. The van der Waals surface area contributed by atoms with E-state index < -0.39 is 35.3 Å². The SMILES string of the molecule is N#Cc1cc(Cl)cc(Oc2c(C(F)(F)F)ncn(Cc3cnc(/C(N)=C/C=N)[nH]c3=O)c2=O)c1. The minimum atomic E-state index is -5.04. The molecular formula is C20H13ClF3N7O3. The van der Waals surface area contributed by atoms with Crippen molar-refractivity contribution < 1.29 is 17.9 Å². The van der Waals surface area contributed by atoms with Crippen molar-refractivity contribution in [2.75, 3.05) is 0 Å². The third kappa shape index (κ3) is 5.30. The quantitative estimate of drug-likeness (QED) is 0.446. The first-order valence-electron chi connectivity index (χ1n) is 9.13. The van der Waals surface area contributed by atoms with E-state index in [2.05, 4.69) is 15.0 Å². The molecule has 0 fully saturated rings. The van der Waals surface area contributed by atoms with Crippen LogP contribution in [0.2, 0.25) is 5.02 Å². The van der Waals surface area contributed by atoms with E-state index in [9.17, 15) is 22.8 Å². The highest BCUT2D eigenvalue weighted by Gasteiger charge is 2.38. The van der Waals surface area contributed by atoms with Crippen LogP contribution in [0, 0.1) is 16.7 Å². The molecule has 0 radical (unpaired) electrons. The molecule has 0 saturated heterocycles. The fourth-order valence-electron chi connectivity index (χ4n) is 2.71. The van der Waals surface area contributed by atoms with Crippen LogP contribution in [0.4, 0.5) is 13.2 Å². The fourth-order valence-corrected chi connectivity index (χ4v) is 2.94. The zero-order valence-electron chi connectivity index (χ0n) is 16.9. The van der Waals surface area contributed by atoms with Gasteiger partial charge in [0.25, 0.3) is 11.1 Å². The molecule has 0 aliphatic rings. The van der Waals surface area contributed by atoms with Crippen LogP contribution in [0.25, 0.3) is 5.70 Å². The number of nitrogens with one attached hydrogen (secondary N) is 2. The van der Waals surface area contributed by atoms with Crippen LogP contribution in [0.1, 0.15) is 22.6 Å². The highest BCUT2D eigenvalue weighted by molar-refractivity contribution is 6.30. The molecule has 0 aliphatic heterocycles. The number of aromatic nitrogens is 4. The molecule has 1 aromatic carbocycles. The predicted octanol–water partition coefficient (Wildman–Crippen LogP) is 2.66. The Labute approximate surface area is 193 Å². The Hall–Kier alpha value is -4.44. The monoisotopic (exact) mass is 491 g/mol. The molecule has 3 aromatic rings. The second kappa shape index (κ2) is 9.59. The van der Waals surface area contributed by atoms with Crippen LogP contribution < -0.4 is 21.6 Å². The van der Waals surface area contributed by atoms with Gasteiger partial charge in [-0.05, 0) is 24.3 Å². The molecule has 0 atom stereocenters. The van der Waals surface area contributed by atoms with E-state index in [4.69, 9.17) is 32.7 Å². The van der Waals surface area contributed by atoms with Gasteiger partial charge in [0.1, 0.15) is 5.75 Å². The summed E-state index contributed by atoms with van der Waals surface area (Å²) in [6.07, 6.45) is -1.27. The van der Waals surface area contributed by atoms with E-state index in [1.54, 1.807) is 6.07 Å². The highest BCUT2D eigenvalue weighted by atomic mass is 35.5. The topological polar surface area (TPSA) is 164 Å². The van der Waals surface area contributed by atoms with Crippen molar-refractivity contribution in [3.05, 3.63) is 85.2 Å². The molecule has 10 nitrogen and oxygen atoms in total. The molecule has 14 heteroatoms. The number of nitriles is 1. The third-order valence-corrected chi connectivity index (χ3v) is 4.45. The zero-order valence-corrected chi connectivity index (χ0v) is 17.6.